The predicted octanol–water partition coefficient (Wildman–Crippen LogP) is 8.34. The monoisotopic (exact) mass is 730 g/mol. The van der Waals surface area contributed by atoms with Crippen LogP contribution in [0.5, 0.6) is 0 Å². The molecule has 0 spiro atoms. The first-order valence-corrected chi connectivity index (χ1v) is 19.6. The van der Waals surface area contributed by atoms with Gasteiger partial charge in [0.15, 0.2) is 0 Å². The number of anilines is 2. The Morgan fingerprint density at radius 3 is 1.63 bits per heavy atom. The van der Waals surface area contributed by atoms with Crippen molar-refractivity contribution in [1.29, 1.82) is 0 Å². The standard InChI is InChI=1S/C44H54N6O4/c1-5-7-20-45-24-32-26-47-40(22-36(32)30-16-17-30)43(52)49-38-13-8-11-34(28(38)3)35-12-9-14-39(29(35)4)50-44(53)41-23-37(31-18-19-31)33(27-48-41)25-46-21-10-15-42(51)54-6-2/h8-9,11-14,22-23,26-27,30-31,45-46H,5-7,10,15-21,24-25H2,1-4H3,(H,49,52)(H,50,53). The Bertz CT molecular complexity index is 1970. The minimum absolute atomic E-state index is 0.175. The number of carbonyl (C=O) groups excluding carboxylic acids is 3. The zero-order chi connectivity index (χ0) is 38.0. The fourth-order valence-electron chi connectivity index (χ4n) is 6.93. The summed E-state index contributed by atoms with van der Waals surface area (Å²) >= 11 is 0. The van der Waals surface area contributed by atoms with E-state index in [2.05, 4.69) is 38.2 Å². The maximum Gasteiger partial charge on any atom is 0.305 e. The van der Waals surface area contributed by atoms with Crippen LogP contribution in [-0.4, -0.2) is 47.4 Å². The van der Waals surface area contributed by atoms with Gasteiger partial charge in [0.1, 0.15) is 11.4 Å². The van der Waals surface area contributed by atoms with Crippen LogP contribution in [-0.2, 0) is 22.6 Å². The molecule has 10 heteroatoms. The molecule has 2 aromatic carbocycles. The van der Waals surface area contributed by atoms with Gasteiger partial charge in [-0.3, -0.25) is 24.4 Å². The lowest BCUT2D eigenvalue weighted by Crippen LogP contribution is -2.19. The smallest absolute Gasteiger partial charge is 0.305 e. The number of unbranched alkanes of at least 4 members (excludes halogenated alkanes) is 1. The zero-order valence-electron chi connectivity index (χ0n) is 32.1. The molecule has 2 amide bonds. The summed E-state index contributed by atoms with van der Waals surface area (Å²) in [6.45, 7) is 11.5. The average Bonchev–Trinajstić information content (AvgIpc) is 4.10. The van der Waals surface area contributed by atoms with Gasteiger partial charge in [-0.25, -0.2) is 0 Å². The van der Waals surface area contributed by atoms with Gasteiger partial charge in [0.25, 0.3) is 11.8 Å². The molecule has 284 valence electrons. The molecule has 4 N–H and O–H groups in total. The molecule has 0 aliphatic heterocycles. The second kappa shape index (κ2) is 18.4. The third kappa shape index (κ3) is 9.98. The van der Waals surface area contributed by atoms with E-state index in [1.807, 2.05) is 75.5 Å². The number of nitrogens with one attached hydrogen (secondary N) is 4. The second-order valence-corrected chi connectivity index (χ2v) is 14.6. The Balaban J connectivity index is 1.12. The Morgan fingerprint density at radius 1 is 0.704 bits per heavy atom. The number of nitrogens with zero attached hydrogens (tertiary/aromatic N) is 2. The number of esters is 1. The third-order valence-corrected chi connectivity index (χ3v) is 10.4. The number of amides is 2. The van der Waals surface area contributed by atoms with Gasteiger partial charge in [-0.05, 0) is 153 Å². The molecule has 54 heavy (non-hydrogen) atoms. The molecule has 2 fully saturated rings. The number of ether oxygens (including phenoxy) is 1. The van der Waals surface area contributed by atoms with Gasteiger partial charge in [0.05, 0.1) is 6.61 Å². The van der Waals surface area contributed by atoms with Gasteiger partial charge < -0.3 is 26.0 Å². The van der Waals surface area contributed by atoms with Crippen LogP contribution >= 0.6 is 0 Å². The SMILES string of the molecule is CCCCNCc1cnc(C(=O)Nc2cccc(-c3cccc(NC(=O)c4cc(C5CC5)c(CNCCCC(=O)OCC)cn4)c3C)c2C)cc1C1CC1. The molecular weight excluding hydrogens is 677 g/mol. The van der Waals surface area contributed by atoms with Crippen molar-refractivity contribution in [1.82, 2.24) is 20.6 Å². The van der Waals surface area contributed by atoms with E-state index in [1.54, 1.807) is 6.20 Å². The van der Waals surface area contributed by atoms with Gasteiger partial charge in [-0.1, -0.05) is 37.6 Å². The number of carbonyl (C=O) groups is 3. The van der Waals surface area contributed by atoms with E-state index in [4.69, 9.17) is 4.74 Å². The molecule has 2 heterocycles. The summed E-state index contributed by atoms with van der Waals surface area (Å²) in [6, 6.07) is 15.7. The van der Waals surface area contributed by atoms with Crippen LogP contribution in [0.3, 0.4) is 0 Å². The zero-order valence-corrected chi connectivity index (χ0v) is 32.1. The van der Waals surface area contributed by atoms with Crippen molar-refractivity contribution in [2.45, 2.75) is 104 Å². The fourth-order valence-corrected chi connectivity index (χ4v) is 6.93. The maximum absolute atomic E-state index is 13.6. The highest BCUT2D eigenvalue weighted by Gasteiger charge is 2.29. The molecule has 2 aromatic heterocycles. The number of benzene rings is 2. The number of rotatable bonds is 19. The molecule has 0 saturated heterocycles. The topological polar surface area (TPSA) is 134 Å². The first-order valence-electron chi connectivity index (χ1n) is 19.6. The van der Waals surface area contributed by atoms with Gasteiger partial charge in [-0.2, -0.15) is 0 Å². The van der Waals surface area contributed by atoms with E-state index in [9.17, 15) is 14.4 Å². The quantitative estimate of drug-likeness (QED) is 0.0559. The number of pyridine rings is 2. The van der Waals surface area contributed by atoms with Crippen molar-refractivity contribution in [3.8, 4) is 11.1 Å². The summed E-state index contributed by atoms with van der Waals surface area (Å²) < 4.78 is 5.01. The number of hydrogen-bond acceptors (Lipinski definition) is 8. The highest BCUT2D eigenvalue weighted by atomic mass is 16.5. The predicted molar refractivity (Wildman–Crippen MR) is 214 cm³/mol. The van der Waals surface area contributed by atoms with Crippen molar-refractivity contribution in [3.05, 3.63) is 106 Å². The number of hydrogen-bond donors (Lipinski definition) is 4. The first-order chi connectivity index (χ1) is 26.3. The molecule has 10 nitrogen and oxygen atoms in total. The molecule has 6 rings (SSSR count). The summed E-state index contributed by atoms with van der Waals surface area (Å²) in [6.07, 6.45) is 11.5. The van der Waals surface area contributed by atoms with Gasteiger partial charge in [0.2, 0.25) is 0 Å². The Morgan fingerprint density at radius 2 is 1.19 bits per heavy atom. The molecule has 0 unspecified atom stereocenters. The van der Waals surface area contributed by atoms with Crippen LogP contribution in [0, 0.1) is 13.8 Å². The lowest BCUT2D eigenvalue weighted by Gasteiger charge is -2.17. The second-order valence-electron chi connectivity index (χ2n) is 14.6. The minimum Gasteiger partial charge on any atom is -0.466 e. The van der Waals surface area contributed by atoms with Crippen LogP contribution in [0.15, 0.2) is 60.9 Å². The van der Waals surface area contributed by atoms with E-state index in [1.165, 1.54) is 11.1 Å². The highest BCUT2D eigenvalue weighted by molar-refractivity contribution is 6.05. The lowest BCUT2D eigenvalue weighted by molar-refractivity contribution is -0.143. The molecule has 0 atom stereocenters. The summed E-state index contributed by atoms with van der Waals surface area (Å²) in [5, 5.41) is 13.2. The Hall–Kier alpha value is -4.93. The van der Waals surface area contributed by atoms with E-state index in [-0.39, 0.29) is 17.8 Å². The molecule has 4 aromatic rings. The number of aromatic nitrogens is 2. The van der Waals surface area contributed by atoms with Gasteiger partial charge >= 0.3 is 5.97 Å². The maximum atomic E-state index is 13.6. The summed E-state index contributed by atoms with van der Waals surface area (Å²) in [7, 11) is 0. The fraction of sp³-hybridized carbons (Fsp3) is 0.432. The minimum atomic E-state index is -0.260. The summed E-state index contributed by atoms with van der Waals surface area (Å²) in [4.78, 5) is 47.9. The van der Waals surface area contributed by atoms with E-state index < -0.39 is 0 Å². The third-order valence-electron chi connectivity index (χ3n) is 10.4. The lowest BCUT2D eigenvalue weighted by atomic mass is 9.94. The molecular formula is C44H54N6O4. The summed E-state index contributed by atoms with van der Waals surface area (Å²) in [5.74, 6) is 0.275. The Labute approximate surface area is 319 Å². The van der Waals surface area contributed by atoms with Crippen LogP contribution in [0.2, 0.25) is 0 Å². The van der Waals surface area contributed by atoms with Crippen LogP contribution < -0.4 is 21.3 Å². The molecule has 2 aliphatic carbocycles. The van der Waals surface area contributed by atoms with Crippen LogP contribution in [0.25, 0.3) is 11.1 Å². The van der Waals surface area contributed by atoms with E-state index in [0.717, 1.165) is 90.7 Å². The first kappa shape index (κ1) is 38.8. The van der Waals surface area contributed by atoms with Crippen LogP contribution in [0.1, 0.15) is 131 Å². The van der Waals surface area contributed by atoms with Crippen LogP contribution in [0.4, 0.5) is 11.4 Å². The van der Waals surface area contributed by atoms with Crippen molar-refractivity contribution in [2.75, 3.05) is 30.3 Å². The summed E-state index contributed by atoms with van der Waals surface area (Å²) in [5.41, 5.74) is 10.6. The van der Waals surface area contributed by atoms with Crippen molar-refractivity contribution < 1.29 is 19.1 Å². The largest absolute Gasteiger partial charge is 0.466 e. The molecule has 0 bridgehead atoms. The average molecular weight is 731 g/mol. The molecule has 2 saturated carbocycles. The Kier molecular flexibility index (Phi) is 13.2. The normalized spacial score (nSPS) is 13.8. The van der Waals surface area contributed by atoms with E-state index in [0.29, 0.717) is 61.4 Å². The van der Waals surface area contributed by atoms with Crippen molar-refractivity contribution >= 4 is 29.2 Å². The molecule has 0 radical (unpaired) electrons. The van der Waals surface area contributed by atoms with Crippen molar-refractivity contribution in [2.24, 2.45) is 0 Å². The molecule has 2 aliphatic rings. The van der Waals surface area contributed by atoms with Gasteiger partial charge in [0, 0.05) is 43.3 Å². The highest BCUT2D eigenvalue weighted by Crippen LogP contribution is 2.43. The van der Waals surface area contributed by atoms with Gasteiger partial charge in [-0.15, -0.1) is 0 Å². The van der Waals surface area contributed by atoms with E-state index >= 15 is 0 Å². The van der Waals surface area contributed by atoms with Crippen molar-refractivity contribution in [3.63, 3.8) is 0 Å².